The van der Waals surface area contributed by atoms with Crippen LogP contribution in [0.2, 0.25) is 0 Å². The Morgan fingerprint density at radius 1 is 1.42 bits per heavy atom. The molecule has 0 spiro atoms. The van der Waals surface area contributed by atoms with E-state index < -0.39 is 5.97 Å². The summed E-state index contributed by atoms with van der Waals surface area (Å²) in [6.07, 6.45) is 0.717. The number of fused-ring (bicyclic) bond motifs is 1. The van der Waals surface area contributed by atoms with Crippen molar-refractivity contribution in [1.82, 2.24) is 10.2 Å². The van der Waals surface area contributed by atoms with Crippen LogP contribution < -0.4 is 0 Å². The van der Waals surface area contributed by atoms with E-state index in [9.17, 15) is 9.90 Å². The van der Waals surface area contributed by atoms with Crippen molar-refractivity contribution in [2.75, 3.05) is 0 Å². The van der Waals surface area contributed by atoms with Gasteiger partial charge in [-0.25, -0.2) is 4.79 Å². The normalized spacial score (nSPS) is 11.0. The van der Waals surface area contributed by atoms with Gasteiger partial charge in [0.05, 0.1) is 16.0 Å². The minimum atomic E-state index is -0.876. The summed E-state index contributed by atoms with van der Waals surface area (Å²) in [5, 5.41) is 17.5. The second-order valence-electron chi connectivity index (χ2n) is 4.22. The van der Waals surface area contributed by atoms with Crippen molar-refractivity contribution >= 4 is 28.2 Å². The maximum absolute atomic E-state index is 11.2. The summed E-state index contributed by atoms with van der Waals surface area (Å²) in [6, 6.07) is 9.55. The molecule has 0 aliphatic carbocycles. The summed E-state index contributed by atoms with van der Waals surface area (Å²) in [6.45, 7) is 1.96. The lowest BCUT2D eigenvalue weighted by atomic mass is 10.1. The third kappa shape index (κ3) is 1.92. The molecule has 0 bridgehead atoms. The molecule has 4 nitrogen and oxygen atoms in total. The zero-order valence-corrected chi connectivity index (χ0v) is 11.1. The van der Waals surface area contributed by atoms with Crippen LogP contribution >= 0.6 is 11.3 Å². The Labute approximate surface area is 113 Å². The van der Waals surface area contributed by atoms with E-state index in [1.165, 1.54) is 11.3 Å². The summed E-state index contributed by atoms with van der Waals surface area (Å²) < 4.78 is 0. The number of aromatic amines is 1. The molecule has 19 heavy (non-hydrogen) atoms. The van der Waals surface area contributed by atoms with Crippen molar-refractivity contribution in [3.05, 3.63) is 40.8 Å². The number of carboxylic acid groups (broad SMARTS) is 1. The molecule has 0 atom stereocenters. The first-order valence-corrected chi connectivity index (χ1v) is 6.82. The first-order valence-electron chi connectivity index (χ1n) is 6.00. The number of nitrogens with zero attached hydrogens (tertiary/aromatic N) is 1. The van der Waals surface area contributed by atoms with Crippen molar-refractivity contribution < 1.29 is 9.90 Å². The van der Waals surface area contributed by atoms with E-state index in [-0.39, 0.29) is 0 Å². The summed E-state index contributed by atoms with van der Waals surface area (Å²) in [4.78, 5) is 13.0. The number of aryl methyl sites for hydroxylation is 1. The molecule has 1 aromatic carbocycles. The molecule has 3 aromatic rings. The molecule has 0 unspecified atom stereocenters. The Hall–Kier alpha value is -2.14. The van der Waals surface area contributed by atoms with E-state index >= 15 is 0 Å². The smallest absolute Gasteiger partial charge is 0.336 e. The monoisotopic (exact) mass is 272 g/mol. The third-order valence-corrected chi connectivity index (χ3v) is 4.35. The lowest BCUT2D eigenvalue weighted by Gasteiger charge is -1.91. The molecule has 0 saturated heterocycles. The summed E-state index contributed by atoms with van der Waals surface area (Å²) >= 11 is 1.50. The highest BCUT2D eigenvalue weighted by Crippen LogP contribution is 2.34. The number of hydrogen-bond donors (Lipinski definition) is 2. The number of hydrogen-bond acceptors (Lipinski definition) is 3. The second-order valence-corrected chi connectivity index (χ2v) is 5.36. The van der Waals surface area contributed by atoms with Crippen LogP contribution in [0.25, 0.3) is 21.5 Å². The second kappa shape index (κ2) is 4.51. The van der Waals surface area contributed by atoms with Crippen LogP contribution in [0.15, 0.2) is 30.3 Å². The van der Waals surface area contributed by atoms with E-state index in [1.54, 1.807) is 6.07 Å². The van der Waals surface area contributed by atoms with Gasteiger partial charge in [0.25, 0.3) is 0 Å². The fourth-order valence-electron chi connectivity index (χ4n) is 2.14. The number of aromatic carboxylic acids is 1. The predicted octanol–water partition coefficient (Wildman–Crippen LogP) is 3.55. The lowest BCUT2D eigenvalue weighted by molar-refractivity contribution is 0.0696. The summed E-state index contributed by atoms with van der Waals surface area (Å²) in [5.74, 6) is -0.876. The molecule has 3 rings (SSSR count). The van der Waals surface area contributed by atoms with Crippen molar-refractivity contribution in [2.24, 2.45) is 0 Å². The van der Waals surface area contributed by atoms with E-state index in [2.05, 4.69) is 10.2 Å². The minimum absolute atomic E-state index is 0.384. The van der Waals surface area contributed by atoms with Crippen LogP contribution in [0.5, 0.6) is 0 Å². The van der Waals surface area contributed by atoms with E-state index in [4.69, 9.17) is 0 Å². The van der Waals surface area contributed by atoms with E-state index in [1.807, 2.05) is 31.2 Å². The van der Waals surface area contributed by atoms with Crippen molar-refractivity contribution in [2.45, 2.75) is 13.3 Å². The highest BCUT2D eigenvalue weighted by atomic mass is 32.1. The molecule has 2 N–H and O–H groups in total. The summed E-state index contributed by atoms with van der Waals surface area (Å²) in [7, 11) is 0. The van der Waals surface area contributed by atoms with Crippen molar-refractivity contribution in [3.63, 3.8) is 0 Å². The molecule has 0 amide bonds. The number of thiophene rings is 1. The number of nitrogens with one attached hydrogen (secondary N) is 1. The van der Waals surface area contributed by atoms with E-state index in [0.29, 0.717) is 12.0 Å². The standard InChI is InChI=1S/C14H12N2O2S/c1-2-11-9(14(17)18)7-12(19-11)13-8-5-3-4-6-10(8)15-16-13/h3-7H,2H2,1H3,(H,15,16)(H,17,18). The van der Waals surface area contributed by atoms with Gasteiger partial charge < -0.3 is 5.11 Å². The van der Waals surface area contributed by atoms with Gasteiger partial charge in [-0.2, -0.15) is 5.10 Å². The van der Waals surface area contributed by atoms with Crippen LogP contribution in [0.1, 0.15) is 22.2 Å². The Bertz CT molecular complexity index is 758. The number of benzene rings is 1. The van der Waals surface area contributed by atoms with Gasteiger partial charge in [0.1, 0.15) is 5.69 Å². The van der Waals surface area contributed by atoms with Gasteiger partial charge in [0.2, 0.25) is 0 Å². The number of aromatic nitrogens is 2. The highest BCUT2D eigenvalue weighted by molar-refractivity contribution is 7.15. The van der Waals surface area contributed by atoms with Gasteiger partial charge in [0.15, 0.2) is 0 Å². The van der Waals surface area contributed by atoms with Gasteiger partial charge in [-0.05, 0) is 18.6 Å². The molecular weight excluding hydrogens is 260 g/mol. The Balaban J connectivity index is 2.19. The predicted molar refractivity (Wildman–Crippen MR) is 75.7 cm³/mol. The maximum Gasteiger partial charge on any atom is 0.336 e. The molecule has 0 saturated carbocycles. The number of rotatable bonds is 3. The molecule has 0 radical (unpaired) electrons. The molecular formula is C14H12N2O2S. The fraction of sp³-hybridized carbons (Fsp3) is 0.143. The fourth-order valence-corrected chi connectivity index (χ4v) is 3.24. The molecule has 2 heterocycles. The van der Waals surface area contributed by atoms with Gasteiger partial charge in [-0.3, -0.25) is 5.10 Å². The van der Waals surface area contributed by atoms with Crippen LogP contribution in [0.4, 0.5) is 0 Å². The molecule has 0 aliphatic rings. The summed E-state index contributed by atoms with van der Waals surface area (Å²) in [5.41, 5.74) is 2.17. The van der Waals surface area contributed by atoms with Crippen LogP contribution in [0, 0.1) is 0 Å². The molecule has 2 aromatic heterocycles. The lowest BCUT2D eigenvalue weighted by Crippen LogP contribution is -1.96. The largest absolute Gasteiger partial charge is 0.478 e. The zero-order chi connectivity index (χ0) is 13.4. The number of carboxylic acids is 1. The molecule has 96 valence electrons. The minimum Gasteiger partial charge on any atom is -0.478 e. The third-order valence-electron chi connectivity index (χ3n) is 3.06. The highest BCUT2D eigenvalue weighted by Gasteiger charge is 2.17. The molecule has 0 aliphatic heterocycles. The average molecular weight is 272 g/mol. The van der Waals surface area contributed by atoms with Crippen molar-refractivity contribution in [1.29, 1.82) is 0 Å². The number of para-hydroxylation sites is 1. The van der Waals surface area contributed by atoms with Gasteiger partial charge in [-0.15, -0.1) is 11.3 Å². The Morgan fingerprint density at radius 3 is 2.89 bits per heavy atom. The Kier molecular flexibility index (Phi) is 2.83. The SMILES string of the molecule is CCc1sc(-c2n[nH]c3ccccc23)cc1C(=O)O. The Morgan fingerprint density at radius 2 is 2.21 bits per heavy atom. The first-order chi connectivity index (χ1) is 9.20. The quantitative estimate of drug-likeness (QED) is 0.766. The van der Waals surface area contributed by atoms with Crippen LogP contribution in [-0.4, -0.2) is 21.3 Å². The maximum atomic E-state index is 11.2. The van der Waals surface area contributed by atoms with Gasteiger partial charge >= 0.3 is 5.97 Å². The van der Waals surface area contributed by atoms with Gasteiger partial charge in [0, 0.05) is 10.3 Å². The first kappa shape index (κ1) is 11.9. The van der Waals surface area contributed by atoms with E-state index in [0.717, 1.165) is 26.4 Å². The molecule has 0 fully saturated rings. The van der Waals surface area contributed by atoms with Gasteiger partial charge in [-0.1, -0.05) is 25.1 Å². The molecule has 5 heteroatoms. The van der Waals surface area contributed by atoms with Crippen LogP contribution in [0.3, 0.4) is 0 Å². The topological polar surface area (TPSA) is 66.0 Å². The number of carbonyl (C=O) groups is 1. The number of H-pyrrole nitrogens is 1. The zero-order valence-electron chi connectivity index (χ0n) is 10.3. The average Bonchev–Trinajstić information content (AvgIpc) is 3.01. The van der Waals surface area contributed by atoms with Crippen LogP contribution in [-0.2, 0) is 6.42 Å². The van der Waals surface area contributed by atoms with Crippen molar-refractivity contribution in [3.8, 4) is 10.6 Å².